The fourth-order valence-corrected chi connectivity index (χ4v) is 3.00. The summed E-state index contributed by atoms with van der Waals surface area (Å²) in [6, 6.07) is 8.52. The van der Waals surface area contributed by atoms with Gasteiger partial charge >= 0.3 is 0 Å². The summed E-state index contributed by atoms with van der Waals surface area (Å²) >= 11 is 0. The number of aliphatic hydroxyl groups is 1. The monoisotopic (exact) mass is 293 g/mol. The van der Waals surface area contributed by atoms with Gasteiger partial charge in [-0.05, 0) is 51.0 Å². The Morgan fingerprint density at radius 1 is 1.14 bits per heavy atom. The number of hydrogen-bond acceptors (Lipinski definition) is 4. The van der Waals surface area contributed by atoms with Crippen LogP contribution in [0.25, 0.3) is 0 Å². The van der Waals surface area contributed by atoms with Crippen molar-refractivity contribution in [1.29, 1.82) is 0 Å². The van der Waals surface area contributed by atoms with Crippen LogP contribution >= 0.6 is 0 Å². The number of hydrogen-bond donors (Lipinski definition) is 1. The van der Waals surface area contributed by atoms with Crippen LogP contribution in [0.1, 0.15) is 33.1 Å². The smallest absolute Gasteiger partial charge is 0.119 e. The van der Waals surface area contributed by atoms with Gasteiger partial charge in [0.1, 0.15) is 24.2 Å². The Balaban J connectivity index is 1.79. The van der Waals surface area contributed by atoms with E-state index >= 15 is 0 Å². The number of β-amino-alcohol motifs (C(OH)–C–C–N with tert-alkyl or cyclic N) is 1. The van der Waals surface area contributed by atoms with Gasteiger partial charge in [0.2, 0.25) is 0 Å². The van der Waals surface area contributed by atoms with Gasteiger partial charge in [-0.2, -0.15) is 0 Å². The van der Waals surface area contributed by atoms with Gasteiger partial charge in [-0.25, -0.2) is 0 Å². The highest BCUT2D eigenvalue weighted by atomic mass is 16.5. The molecule has 0 saturated carbocycles. The van der Waals surface area contributed by atoms with Crippen molar-refractivity contribution in [1.82, 2.24) is 4.90 Å². The second-order valence-electron chi connectivity index (χ2n) is 5.97. The van der Waals surface area contributed by atoms with Crippen molar-refractivity contribution in [3.05, 3.63) is 24.3 Å². The molecule has 118 valence electrons. The van der Waals surface area contributed by atoms with Crippen molar-refractivity contribution in [3.63, 3.8) is 0 Å². The maximum Gasteiger partial charge on any atom is 0.119 e. The topological polar surface area (TPSA) is 41.9 Å². The highest BCUT2D eigenvalue weighted by molar-refractivity contribution is 5.31. The lowest BCUT2D eigenvalue weighted by Crippen LogP contribution is -2.48. The van der Waals surface area contributed by atoms with Crippen LogP contribution in [0.5, 0.6) is 11.5 Å². The van der Waals surface area contributed by atoms with E-state index in [1.54, 1.807) is 7.11 Å². The van der Waals surface area contributed by atoms with Gasteiger partial charge in [-0.3, -0.25) is 4.90 Å². The van der Waals surface area contributed by atoms with E-state index in [9.17, 15) is 5.11 Å². The van der Waals surface area contributed by atoms with Crippen molar-refractivity contribution >= 4 is 0 Å². The van der Waals surface area contributed by atoms with Crippen molar-refractivity contribution in [2.75, 3.05) is 20.3 Å². The van der Waals surface area contributed by atoms with Gasteiger partial charge in [0.15, 0.2) is 0 Å². The summed E-state index contributed by atoms with van der Waals surface area (Å²) in [5.74, 6) is 1.56. The van der Waals surface area contributed by atoms with E-state index < -0.39 is 6.10 Å². The molecule has 0 spiro atoms. The van der Waals surface area contributed by atoms with E-state index in [1.807, 2.05) is 24.3 Å². The zero-order chi connectivity index (χ0) is 15.2. The fraction of sp³-hybridized carbons (Fsp3) is 0.647. The van der Waals surface area contributed by atoms with Crippen LogP contribution in [0, 0.1) is 0 Å². The summed E-state index contributed by atoms with van der Waals surface area (Å²) in [6.07, 6.45) is 3.26. The van der Waals surface area contributed by atoms with Gasteiger partial charge < -0.3 is 14.6 Å². The Bertz CT molecular complexity index is 411. The molecule has 1 saturated heterocycles. The number of methoxy groups -OCH3 is 1. The maximum absolute atomic E-state index is 10.2. The van der Waals surface area contributed by atoms with Crippen LogP contribution in [0.3, 0.4) is 0 Å². The predicted molar refractivity (Wildman–Crippen MR) is 84.0 cm³/mol. The molecule has 1 aliphatic rings. The summed E-state index contributed by atoms with van der Waals surface area (Å²) in [4.78, 5) is 2.39. The lowest BCUT2D eigenvalue weighted by Gasteiger charge is -2.40. The average molecular weight is 293 g/mol. The molecule has 4 nitrogen and oxygen atoms in total. The van der Waals surface area contributed by atoms with Crippen LogP contribution in [0.4, 0.5) is 0 Å². The average Bonchev–Trinajstić information content (AvgIpc) is 2.49. The molecular formula is C17H27NO3. The SMILES string of the molecule is COc1ccc(OC[C@@H](O)CN2[C@@H](C)CCC[C@@H]2C)cc1. The van der Waals surface area contributed by atoms with Crippen molar-refractivity contribution < 1.29 is 14.6 Å². The van der Waals surface area contributed by atoms with Gasteiger partial charge in [0.25, 0.3) is 0 Å². The van der Waals surface area contributed by atoms with Gasteiger partial charge in [0.05, 0.1) is 7.11 Å². The molecule has 2 rings (SSSR count). The third-order valence-electron chi connectivity index (χ3n) is 4.30. The molecular weight excluding hydrogens is 266 g/mol. The highest BCUT2D eigenvalue weighted by Crippen LogP contribution is 2.23. The molecule has 1 aromatic carbocycles. The minimum absolute atomic E-state index is 0.322. The molecule has 0 amide bonds. The lowest BCUT2D eigenvalue weighted by molar-refractivity contribution is 0.0209. The second-order valence-corrected chi connectivity index (χ2v) is 5.97. The fourth-order valence-electron chi connectivity index (χ4n) is 3.00. The van der Waals surface area contributed by atoms with E-state index in [2.05, 4.69) is 18.7 Å². The van der Waals surface area contributed by atoms with E-state index in [0.29, 0.717) is 25.2 Å². The molecule has 21 heavy (non-hydrogen) atoms. The van der Waals surface area contributed by atoms with E-state index in [1.165, 1.54) is 19.3 Å². The van der Waals surface area contributed by atoms with Gasteiger partial charge in [-0.15, -0.1) is 0 Å². The molecule has 1 heterocycles. The number of likely N-dealkylation sites (tertiary alicyclic amines) is 1. The van der Waals surface area contributed by atoms with Crippen molar-refractivity contribution in [2.24, 2.45) is 0 Å². The normalized spacial score (nSPS) is 24.6. The van der Waals surface area contributed by atoms with E-state index in [4.69, 9.17) is 9.47 Å². The molecule has 0 aromatic heterocycles. The van der Waals surface area contributed by atoms with Crippen molar-refractivity contribution in [2.45, 2.75) is 51.3 Å². The minimum atomic E-state index is -0.463. The largest absolute Gasteiger partial charge is 0.497 e. The quantitative estimate of drug-likeness (QED) is 0.875. The summed E-state index contributed by atoms with van der Waals surface area (Å²) < 4.78 is 10.8. The highest BCUT2D eigenvalue weighted by Gasteiger charge is 2.26. The Hall–Kier alpha value is -1.26. The number of aliphatic hydroxyl groups excluding tert-OH is 1. The number of nitrogens with zero attached hydrogens (tertiary/aromatic N) is 1. The molecule has 1 N–H and O–H groups in total. The van der Waals surface area contributed by atoms with Crippen LogP contribution in [-0.2, 0) is 0 Å². The molecule has 1 fully saturated rings. The molecule has 3 atom stereocenters. The van der Waals surface area contributed by atoms with Crippen LogP contribution in [0.15, 0.2) is 24.3 Å². The Morgan fingerprint density at radius 2 is 1.71 bits per heavy atom. The summed E-state index contributed by atoms with van der Waals surface area (Å²) in [7, 11) is 1.64. The molecule has 0 bridgehead atoms. The van der Waals surface area contributed by atoms with Crippen LogP contribution in [0.2, 0.25) is 0 Å². The first-order chi connectivity index (χ1) is 10.1. The summed E-state index contributed by atoms with van der Waals surface area (Å²) in [6.45, 7) is 5.49. The zero-order valence-corrected chi connectivity index (χ0v) is 13.3. The predicted octanol–water partition coefficient (Wildman–Crippen LogP) is 2.70. The Kier molecular flexibility index (Phi) is 5.88. The third kappa shape index (κ3) is 4.61. The zero-order valence-electron chi connectivity index (χ0n) is 13.3. The molecule has 1 aromatic rings. The number of ether oxygens (including phenoxy) is 2. The molecule has 1 aliphatic heterocycles. The summed E-state index contributed by atoms with van der Waals surface area (Å²) in [5.41, 5.74) is 0. The number of benzene rings is 1. The molecule has 0 unspecified atom stereocenters. The van der Waals surface area contributed by atoms with E-state index in [-0.39, 0.29) is 0 Å². The van der Waals surface area contributed by atoms with Crippen LogP contribution < -0.4 is 9.47 Å². The van der Waals surface area contributed by atoms with Crippen LogP contribution in [-0.4, -0.2) is 48.5 Å². The van der Waals surface area contributed by atoms with Crippen molar-refractivity contribution in [3.8, 4) is 11.5 Å². The maximum atomic E-state index is 10.2. The first-order valence-corrected chi connectivity index (χ1v) is 7.81. The molecule has 0 radical (unpaired) electrons. The van der Waals surface area contributed by atoms with E-state index in [0.717, 1.165) is 11.5 Å². The standard InChI is InChI=1S/C17H27NO3/c1-13-5-4-6-14(2)18(13)11-15(19)12-21-17-9-7-16(20-3)8-10-17/h7-10,13-15,19H,4-6,11-12H2,1-3H3/t13-,14-,15-/m0/s1. The van der Waals surface area contributed by atoms with Gasteiger partial charge in [0, 0.05) is 18.6 Å². The molecule has 4 heteroatoms. The Morgan fingerprint density at radius 3 is 2.29 bits per heavy atom. The molecule has 0 aliphatic carbocycles. The Labute approximate surface area is 127 Å². The first kappa shape index (κ1) is 16.1. The number of rotatable bonds is 6. The first-order valence-electron chi connectivity index (χ1n) is 7.81. The lowest BCUT2D eigenvalue weighted by atomic mass is 9.97. The second kappa shape index (κ2) is 7.66. The van der Waals surface area contributed by atoms with Gasteiger partial charge in [-0.1, -0.05) is 6.42 Å². The number of piperidine rings is 1. The summed E-state index contributed by atoms with van der Waals surface area (Å²) in [5, 5.41) is 10.2. The third-order valence-corrected chi connectivity index (χ3v) is 4.30. The minimum Gasteiger partial charge on any atom is -0.497 e.